The van der Waals surface area contributed by atoms with Gasteiger partial charge in [-0.15, -0.1) is 12.4 Å². The molecule has 0 aromatic heterocycles. The summed E-state index contributed by atoms with van der Waals surface area (Å²) in [4.78, 5) is 50.9. The van der Waals surface area contributed by atoms with Gasteiger partial charge in [0.2, 0.25) is 11.8 Å². The maximum Gasteiger partial charge on any atom is 0.238 e. The zero-order valence-electron chi connectivity index (χ0n) is 19.1. The van der Waals surface area contributed by atoms with E-state index < -0.39 is 64.3 Å². The molecular formula is C23H28ClN3O9. The highest BCUT2D eigenvalue weighted by Crippen LogP contribution is 2.57. The monoisotopic (exact) mass is 525 g/mol. The van der Waals surface area contributed by atoms with Gasteiger partial charge < -0.3 is 41.9 Å². The van der Waals surface area contributed by atoms with Gasteiger partial charge >= 0.3 is 0 Å². The van der Waals surface area contributed by atoms with Crippen LogP contribution >= 0.6 is 12.4 Å². The standard InChI is InChI=1S/C23H27N3O9.ClH/c24-21(34)22-7-11-5-10-1-2-13(26-15(30)9-25-3-4-27)18(31)16(10)19(32)17(11)20(33)23(22,35)14(29)6-12(28)8-22;/h1-2,11-12,25,27-28,31,33,35H,3-9H2,(H2,24,34)(H,26,30);1H. The molecular weight excluding hydrogens is 498 g/mol. The number of anilines is 1. The Bertz CT molecular complexity index is 1170. The van der Waals surface area contributed by atoms with Gasteiger partial charge in [0.15, 0.2) is 22.9 Å². The van der Waals surface area contributed by atoms with Crippen molar-refractivity contribution in [2.75, 3.05) is 25.0 Å². The van der Waals surface area contributed by atoms with Gasteiger partial charge in [-0.1, -0.05) is 6.07 Å². The molecule has 4 unspecified atom stereocenters. The average Bonchev–Trinajstić information content (AvgIpc) is 2.78. The second kappa shape index (κ2) is 9.79. The van der Waals surface area contributed by atoms with Crippen molar-refractivity contribution >= 4 is 41.5 Å². The molecule has 0 spiro atoms. The number of aliphatic hydroxyl groups excluding tert-OH is 3. The average molecular weight is 526 g/mol. The Morgan fingerprint density at radius 2 is 1.83 bits per heavy atom. The van der Waals surface area contributed by atoms with Crippen LogP contribution in [0.2, 0.25) is 0 Å². The van der Waals surface area contributed by atoms with Gasteiger partial charge in [0.05, 0.1) is 35.9 Å². The first-order valence-electron chi connectivity index (χ1n) is 11.2. The van der Waals surface area contributed by atoms with E-state index >= 15 is 0 Å². The van der Waals surface area contributed by atoms with Crippen LogP contribution in [0.25, 0.3) is 0 Å². The molecule has 12 nitrogen and oxygen atoms in total. The topological polar surface area (TPSA) is 220 Å². The minimum absolute atomic E-state index is 0. The number of amides is 2. The Morgan fingerprint density at radius 3 is 2.47 bits per heavy atom. The van der Waals surface area contributed by atoms with E-state index in [2.05, 4.69) is 10.6 Å². The minimum atomic E-state index is -2.78. The molecule has 4 rings (SSSR count). The number of benzene rings is 1. The Kier molecular flexibility index (Phi) is 7.49. The fourth-order valence-electron chi connectivity index (χ4n) is 5.63. The summed E-state index contributed by atoms with van der Waals surface area (Å²) in [5.41, 5.74) is 0.591. The van der Waals surface area contributed by atoms with Crippen LogP contribution in [-0.4, -0.2) is 80.3 Å². The normalized spacial score (nSPS) is 29.0. The number of ketones is 2. The number of phenols is 1. The summed E-state index contributed by atoms with van der Waals surface area (Å²) in [5.74, 6) is -5.87. The van der Waals surface area contributed by atoms with Crippen LogP contribution in [0.15, 0.2) is 23.5 Å². The van der Waals surface area contributed by atoms with E-state index in [0.29, 0.717) is 5.56 Å². The first kappa shape index (κ1) is 27.6. The lowest BCUT2D eigenvalue weighted by atomic mass is 9.51. The van der Waals surface area contributed by atoms with Gasteiger partial charge in [0.1, 0.15) is 5.76 Å². The highest BCUT2D eigenvalue weighted by molar-refractivity contribution is 6.16. The van der Waals surface area contributed by atoms with Crippen LogP contribution in [0.5, 0.6) is 5.75 Å². The molecule has 13 heteroatoms. The van der Waals surface area contributed by atoms with Crippen molar-refractivity contribution in [1.82, 2.24) is 5.32 Å². The largest absolute Gasteiger partial charge is 0.508 e. The molecule has 3 aliphatic rings. The lowest BCUT2D eigenvalue weighted by molar-refractivity contribution is -0.181. The number of hydrogen-bond donors (Lipinski definition) is 8. The SMILES string of the molecule is Cl.NC(=O)C12CC(O)CC(=O)C1(O)C(O)=C1C(=O)c3c(ccc(NC(=O)CNCCO)c3O)CC1C2. The molecule has 36 heavy (non-hydrogen) atoms. The number of fused-ring (bicyclic) bond motifs is 3. The number of carbonyl (C=O) groups excluding carboxylic acids is 4. The molecule has 2 amide bonds. The third kappa shape index (κ3) is 3.95. The molecule has 0 saturated heterocycles. The van der Waals surface area contributed by atoms with E-state index in [9.17, 15) is 39.6 Å². The number of Topliss-reactive ketones (excluding diaryl/α,β-unsaturated/α-hetero) is 2. The van der Waals surface area contributed by atoms with Crippen LogP contribution in [0.1, 0.15) is 35.2 Å². The molecule has 0 radical (unpaired) electrons. The van der Waals surface area contributed by atoms with Crippen LogP contribution < -0.4 is 16.4 Å². The Hall–Kier alpha value is -3.03. The van der Waals surface area contributed by atoms with E-state index in [4.69, 9.17) is 10.8 Å². The molecule has 196 valence electrons. The van der Waals surface area contributed by atoms with Crippen molar-refractivity contribution in [3.63, 3.8) is 0 Å². The van der Waals surface area contributed by atoms with Gasteiger partial charge in [-0.2, -0.15) is 0 Å². The van der Waals surface area contributed by atoms with Crippen molar-refractivity contribution in [2.24, 2.45) is 17.1 Å². The van der Waals surface area contributed by atoms with Gasteiger partial charge in [-0.25, -0.2) is 0 Å². The summed E-state index contributed by atoms with van der Waals surface area (Å²) >= 11 is 0. The summed E-state index contributed by atoms with van der Waals surface area (Å²) in [6.07, 6.45) is -2.35. The van der Waals surface area contributed by atoms with E-state index in [1.54, 1.807) is 0 Å². The summed E-state index contributed by atoms with van der Waals surface area (Å²) in [6.45, 7) is -0.145. The lowest BCUT2D eigenvalue weighted by Gasteiger charge is -2.53. The van der Waals surface area contributed by atoms with Crippen molar-refractivity contribution in [2.45, 2.75) is 37.4 Å². The summed E-state index contributed by atoms with van der Waals surface area (Å²) in [6, 6.07) is 2.91. The fourth-order valence-corrected chi connectivity index (χ4v) is 5.63. The lowest BCUT2D eigenvalue weighted by Crippen LogP contribution is -2.68. The van der Waals surface area contributed by atoms with Gasteiger partial charge in [0.25, 0.3) is 0 Å². The number of nitrogens with one attached hydrogen (secondary N) is 2. The summed E-state index contributed by atoms with van der Waals surface area (Å²) in [7, 11) is 0. The van der Waals surface area contributed by atoms with Crippen LogP contribution in [0.3, 0.4) is 0 Å². The zero-order chi connectivity index (χ0) is 25.7. The molecule has 1 aromatic carbocycles. The predicted molar refractivity (Wildman–Crippen MR) is 127 cm³/mol. The number of rotatable bonds is 6. The summed E-state index contributed by atoms with van der Waals surface area (Å²) in [5, 5.41) is 57.3. The van der Waals surface area contributed by atoms with E-state index in [1.807, 2.05) is 0 Å². The molecule has 1 fully saturated rings. The van der Waals surface area contributed by atoms with E-state index in [0.717, 1.165) is 0 Å². The van der Waals surface area contributed by atoms with Gasteiger partial charge in [0, 0.05) is 18.5 Å². The maximum atomic E-state index is 13.5. The number of hydrogen-bond acceptors (Lipinski definition) is 10. The number of allylic oxidation sites excluding steroid dienone is 1. The fraction of sp³-hybridized carbons (Fsp3) is 0.478. The van der Waals surface area contributed by atoms with Crippen molar-refractivity contribution < 1.29 is 44.7 Å². The first-order chi connectivity index (χ1) is 16.5. The number of phenolic OH excluding ortho intramolecular Hbond substituents is 1. The molecule has 4 atom stereocenters. The summed E-state index contributed by atoms with van der Waals surface area (Å²) < 4.78 is 0. The number of carbonyl (C=O) groups is 4. The third-order valence-electron chi connectivity index (χ3n) is 7.22. The second-order valence-electron chi connectivity index (χ2n) is 9.28. The van der Waals surface area contributed by atoms with Crippen molar-refractivity contribution in [3.05, 3.63) is 34.6 Å². The Balaban J connectivity index is 0.00000361. The quantitative estimate of drug-likeness (QED) is 0.164. The van der Waals surface area contributed by atoms with Crippen LogP contribution in [0, 0.1) is 11.3 Å². The van der Waals surface area contributed by atoms with Gasteiger partial charge in [-0.05, 0) is 36.8 Å². The highest BCUT2D eigenvalue weighted by atomic mass is 35.5. The van der Waals surface area contributed by atoms with E-state index in [1.165, 1.54) is 12.1 Å². The van der Waals surface area contributed by atoms with Crippen LogP contribution in [0.4, 0.5) is 5.69 Å². The molecule has 1 saturated carbocycles. The predicted octanol–water partition coefficient (Wildman–Crippen LogP) is -1.17. The highest BCUT2D eigenvalue weighted by Gasteiger charge is 2.69. The zero-order valence-corrected chi connectivity index (χ0v) is 19.9. The maximum absolute atomic E-state index is 13.5. The van der Waals surface area contributed by atoms with E-state index in [-0.39, 0.29) is 68.2 Å². The van der Waals surface area contributed by atoms with Crippen molar-refractivity contribution in [3.8, 4) is 5.75 Å². The molecule has 1 aromatic rings. The van der Waals surface area contributed by atoms with Crippen molar-refractivity contribution in [1.29, 1.82) is 0 Å². The number of aliphatic hydroxyl groups is 4. The second-order valence-corrected chi connectivity index (χ2v) is 9.28. The number of aromatic hydroxyl groups is 1. The number of halogens is 1. The molecule has 0 bridgehead atoms. The Morgan fingerprint density at radius 1 is 1.14 bits per heavy atom. The van der Waals surface area contributed by atoms with Gasteiger partial charge in [-0.3, -0.25) is 19.2 Å². The molecule has 0 heterocycles. The molecule has 9 N–H and O–H groups in total. The number of primary amides is 1. The Labute approximate surface area is 211 Å². The minimum Gasteiger partial charge on any atom is -0.508 e. The number of nitrogens with two attached hydrogens (primary N) is 1. The molecule has 0 aliphatic heterocycles. The van der Waals surface area contributed by atoms with Crippen LogP contribution in [-0.2, 0) is 20.8 Å². The smallest absolute Gasteiger partial charge is 0.238 e. The third-order valence-corrected chi connectivity index (χ3v) is 7.22. The molecule has 3 aliphatic carbocycles. The first-order valence-corrected chi connectivity index (χ1v) is 11.2.